The molecule has 1 rings (SSSR count). The number of rotatable bonds is 4. The van der Waals surface area contributed by atoms with Gasteiger partial charge in [0, 0.05) is 12.0 Å². The number of carbonyl (C=O) groups excluding carboxylic acids is 1. The van der Waals surface area contributed by atoms with Crippen molar-refractivity contribution in [2.24, 2.45) is 0 Å². The van der Waals surface area contributed by atoms with Gasteiger partial charge < -0.3 is 0 Å². The summed E-state index contributed by atoms with van der Waals surface area (Å²) in [5.74, 6) is 0.161. The summed E-state index contributed by atoms with van der Waals surface area (Å²) in [4.78, 5) is 11.8. The third-order valence-corrected chi connectivity index (χ3v) is 2.96. The second-order valence-corrected chi connectivity index (χ2v) is 4.35. The van der Waals surface area contributed by atoms with Gasteiger partial charge in [0.05, 0.1) is 5.02 Å². The monoisotopic (exact) mass is 224 g/mol. The molecule has 0 radical (unpaired) electrons. The molecule has 1 aromatic carbocycles. The van der Waals surface area contributed by atoms with Crippen molar-refractivity contribution in [1.82, 2.24) is 0 Å². The van der Waals surface area contributed by atoms with E-state index in [1.807, 2.05) is 26.0 Å². The van der Waals surface area contributed by atoms with Gasteiger partial charge in [-0.15, -0.1) is 0 Å². The second-order valence-electron chi connectivity index (χ2n) is 3.97. The van der Waals surface area contributed by atoms with Crippen LogP contribution in [0.4, 0.5) is 0 Å². The lowest BCUT2D eigenvalue weighted by Gasteiger charge is -2.07. The van der Waals surface area contributed by atoms with Crippen molar-refractivity contribution in [1.29, 1.82) is 0 Å². The first-order valence-corrected chi connectivity index (χ1v) is 5.74. The highest BCUT2D eigenvalue weighted by Crippen LogP contribution is 2.24. The molecule has 0 unspecified atom stereocenters. The lowest BCUT2D eigenvalue weighted by Crippen LogP contribution is -2.01. The van der Waals surface area contributed by atoms with Crippen molar-refractivity contribution < 1.29 is 4.79 Å². The molecule has 0 aliphatic heterocycles. The molecule has 82 valence electrons. The van der Waals surface area contributed by atoms with Gasteiger partial charge in [-0.05, 0) is 31.9 Å². The fraction of sp³-hybridized carbons (Fsp3) is 0.462. The minimum absolute atomic E-state index is 0.161. The topological polar surface area (TPSA) is 17.1 Å². The maximum atomic E-state index is 11.8. The van der Waals surface area contributed by atoms with Gasteiger partial charge in [-0.3, -0.25) is 4.79 Å². The van der Waals surface area contributed by atoms with Crippen molar-refractivity contribution in [3.63, 3.8) is 0 Å². The molecule has 0 aliphatic carbocycles. The van der Waals surface area contributed by atoms with Crippen LogP contribution in [0.2, 0.25) is 5.02 Å². The van der Waals surface area contributed by atoms with Gasteiger partial charge in [0.1, 0.15) is 0 Å². The standard InChI is InChI=1S/C13H17ClO/c1-4-5-6-12(15)11-8-9(2)7-10(3)13(11)14/h7-8H,4-6H2,1-3H3. The first-order valence-electron chi connectivity index (χ1n) is 5.36. The normalized spacial score (nSPS) is 10.4. The van der Waals surface area contributed by atoms with E-state index in [9.17, 15) is 4.79 Å². The third-order valence-electron chi connectivity index (χ3n) is 2.46. The summed E-state index contributed by atoms with van der Waals surface area (Å²) < 4.78 is 0. The zero-order valence-electron chi connectivity index (χ0n) is 9.56. The Kier molecular flexibility index (Phi) is 4.34. The fourth-order valence-corrected chi connectivity index (χ4v) is 1.84. The van der Waals surface area contributed by atoms with Gasteiger partial charge in [0.15, 0.2) is 5.78 Å². The molecule has 0 amide bonds. The van der Waals surface area contributed by atoms with Crippen LogP contribution >= 0.6 is 11.6 Å². The number of carbonyl (C=O) groups is 1. The van der Waals surface area contributed by atoms with Crippen molar-refractivity contribution in [2.75, 3.05) is 0 Å². The fourth-order valence-electron chi connectivity index (χ4n) is 1.62. The number of unbranched alkanes of at least 4 members (excludes halogenated alkanes) is 1. The van der Waals surface area contributed by atoms with E-state index in [-0.39, 0.29) is 5.78 Å². The molecule has 0 aromatic heterocycles. The number of hydrogen-bond acceptors (Lipinski definition) is 1. The summed E-state index contributed by atoms with van der Waals surface area (Å²) in [7, 11) is 0. The van der Waals surface area contributed by atoms with Crippen molar-refractivity contribution in [2.45, 2.75) is 40.0 Å². The third kappa shape index (κ3) is 3.07. The molecule has 0 bridgehead atoms. The number of benzene rings is 1. The Morgan fingerprint density at radius 1 is 1.33 bits per heavy atom. The van der Waals surface area contributed by atoms with E-state index < -0.39 is 0 Å². The molecular weight excluding hydrogens is 208 g/mol. The van der Waals surface area contributed by atoms with Gasteiger partial charge >= 0.3 is 0 Å². The molecule has 1 nitrogen and oxygen atoms in total. The van der Waals surface area contributed by atoms with Crippen LogP contribution in [0.25, 0.3) is 0 Å². The van der Waals surface area contributed by atoms with Gasteiger partial charge in [-0.2, -0.15) is 0 Å². The highest BCUT2D eigenvalue weighted by Gasteiger charge is 2.12. The summed E-state index contributed by atoms with van der Waals surface area (Å²) >= 11 is 6.12. The summed E-state index contributed by atoms with van der Waals surface area (Å²) in [5.41, 5.74) is 2.76. The largest absolute Gasteiger partial charge is 0.294 e. The molecule has 0 heterocycles. The SMILES string of the molecule is CCCCC(=O)c1cc(C)cc(C)c1Cl. The van der Waals surface area contributed by atoms with E-state index >= 15 is 0 Å². The number of ketones is 1. The van der Waals surface area contributed by atoms with E-state index in [4.69, 9.17) is 11.6 Å². The lowest BCUT2D eigenvalue weighted by atomic mass is 10.0. The molecule has 15 heavy (non-hydrogen) atoms. The smallest absolute Gasteiger partial charge is 0.164 e. The summed E-state index contributed by atoms with van der Waals surface area (Å²) in [6, 6.07) is 3.88. The molecule has 2 heteroatoms. The van der Waals surface area contributed by atoms with Crippen molar-refractivity contribution >= 4 is 17.4 Å². The highest BCUT2D eigenvalue weighted by molar-refractivity contribution is 6.34. The first kappa shape index (κ1) is 12.3. The zero-order valence-corrected chi connectivity index (χ0v) is 10.3. The van der Waals surface area contributed by atoms with E-state index in [1.165, 1.54) is 0 Å². The van der Waals surface area contributed by atoms with Crippen LogP contribution in [0.15, 0.2) is 12.1 Å². The van der Waals surface area contributed by atoms with Crippen molar-refractivity contribution in [3.8, 4) is 0 Å². The Morgan fingerprint density at radius 3 is 2.60 bits per heavy atom. The van der Waals surface area contributed by atoms with Crippen LogP contribution in [-0.2, 0) is 0 Å². The Bertz CT molecular complexity index is 369. The second kappa shape index (κ2) is 5.32. The molecule has 0 saturated heterocycles. The molecule has 0 atom stereocenters. The molecule has 0 saturated carbocycles. The summed E-state index contributed by atoms with van der Waals surface area (Å²) in [5, 5.41) is 0.613. The molecule has 0 N–H and O–H groups in total. The van der Waals surface area contributed by atoms with Crippen LogP contribution < -0.4 is 0 Å². The lowest BCUT2D eigenvalue weighted by molar-refractivity contribution is 0.0980. The Hall–Kier alpha value is -0.820. The van der Waals surface area contributed by atoms with Crippen LogP contribution in [0.1, 0.15) is 47.7 Å². The Labute approximate surface area is 96.5 Å². The Balaban J connectivity index is 2.98. The van der Waals surface area contributed by atoms with Gasteiger partial charge in [0.25, 0.3) is 0 Å². The number of halogens is 1. The van der Waals surface area contributed by atoms with Gasteiger partial charge in [-0.1, -0.05) is 36.6 Å². The summed E-state index contributed by atoms with van der Waals surface area (Å²) in [6.07, 6.45) is 2.56. The number of hydrogen-bond donors (Lipinski definition) is 0. The molecular formula is C13H17ClO. The molecule has 0 fully saturated rings. The zero-order chi connectivity index (χ0) is 11.4. The molecule has 0 aliphatic rings. The molecule has 0 spiro atoms. The van der Waals surface area contributed by atoms with E-state index in [0.29, 0.717) is 17.0 Å². The number of Topliss-reactive ketones (excluding diaryl/α,β-unsaturated/α-hetero) is 1. The highest BCUT2D eigenvalue weighted by atomic mass is 35.5. The van der Waals surface area contributed by atoms with Crippen LogP contribution in [0.5, 0.6) is 0 Å². The van der Waals surface area contributed by atoms with Crippen LogP contribution in [0, 0.1) is 13.8 Å². The van der Waals surface area contributed by atoms with E-state index in [0.717, 1.165) is 24.0 Å². The summed E-state index contributed by atoms with van der Waals surface area (Å²) in [6.45, 7) is 6.00. The average Bonchev–Trinajstić information content (AvgIpc) is 2.19. The van der Waals surface area contributed by atoms with Crippen LogP contribution in [0.3, 0.4) is 0 Å². The maximum absolute atomic E-state index is 11.8. The quantitative estimate of drug-likeness (QED) is 0.696. The van der Waals surface area contributed by atoms with Gasteiger partial charge in [-0.25, -0.2) is 0 Å². The predicted octanol–water partition coefficient (Wildman–Crippen LogP) is 4.33. The Morgan fingerprint density at radius 2 is 2.00 bits per heavy atom. The predicted molar refractivity (Wildman–Crippen MR) is 64.8 cm³/mol. The minimum Gasteiger partial charge on any atom is -0.294 e. The average molecular weight is 225 g/mol. The van der Waals surface area contributed by atoms with E-state index in [2.05, 4.69) is 6.92 Å². The van der Waals surface area contributed by atoms with E-state index in [1.54, 1.807) is 0 Å². The van der Waals surface area contributed by atoms with Gasteiger partial charge in [0.2, 0.25) is 0 Å². The maximum Gasteiger partial charge on any atom is 0.164 e. The first-order chi connectivity index (χ1) is 7.06. The minimum atomic E-state index is 0.161. The van der Waals surface area contributed by atoms with Crippen LogP contribution in [-0.4, -0.2) is 5.78 Å². The number of aryl methyl sites for hydroxylation is 2. The molecule has 1 aromatic rings. The van der Waals surface area contributed by atoms with Crippen molar-refractivity contribution in [3.05, 3.63) is 33.8 Å².